The number of hydrogen-bond donors (Lipinski definition) is 1. The predicted molar refractivity (Wildman–Crippen MR) is 102 cm³/mol. The molecule has 1 unspecified atom stereocenters. The molecule has 6 heteroatoms. The van der Waals surface area contributed by atoms with Crippen LogP contribution < -0.4 is 5.32 Å². The number of carbonyl (C=O) groups is 1. The maximum Gasteiger partial charge on any atom is 0.321 e. The number of urea groups is 1. The van der Waals surface area contributed by atoms with E-state index in [-0.39, 0.29) is 12.1 Å². The van der Waals surface area contributed by atoms with Gasteiger partial charge in [0, 0.05) is 30.2 Å². The molecule has 130 valence electrons. The molecule has 0 aliphatic rings. The molecule has 0 saturated carbocycles. The first-order valence-electron chi connectivity index (χ1n) is 8.03. The smallest absolute Gasteiger partial charge is 0.321 e. The van der Waals surface area contributed by atoms with Crippen molar-refractivity contribution in [3.05, 3.63) is 47.3 Å². The minimum absolute atomic E-state index is 0.0835. The van der Waals surface area contributed by atoms with Crippen LogP contribution in [0.3, 0.4) is 0 Å². The minimum Gasteiger partial charge on any atom is -0.324 e. The van der Waals surface area contributed by atoms with Crippen molar-refractivity contribution < 1.29 is 4.79 Å². The molecule has 1 atom stereocenters. The lowest BCUT2D eigenvalue weighted by molar-refractivity contribution is 0.212. The quantitative estimate of drug-likeness (QED) is 0.866. The highest BCUT2D eigenvalue weighted by Gasteiger charge is 2.15. The van der Waals surface area contributed by atoms with Gasteiger partial charge in [0.1, 0.15) is 0 Å². The van der Waals surface area contributed by atoms with E-state index in [2.05, 4.69) is 23.4 Å². The van der Waals surface area contributed by atoms with E-state index < -0.39 is 0 Å². The van der Waals surface area contributed by atoms with E-state index in [1.165, 1.54) is 0 Å². The van der Waals surface area contributed by atoms with Gasteiger partial charge in [0.15, 0.2) is 0 Å². The molecule has 0 spiro atoms. The van der Waals surface area contributed by atoms with Crippen LogP contribution in [0, 0.1) is 13.8 Å². The zero-order chi connectivity index (χ0) is 17.7. The largest absolute Gasteiger partial charge is 0.324 e. The molecule has 2 rings (SSSR count). The lowest BCUT2D eigenvalue weighted by Gasteiger charge is -2.24. The summed E-state index contributed by atoms with van der Waals surface area (Å²) in [7, 11) is 1.83. The van der Waals surface area contributed by atoms with Gasteiger partial charge in [0.05, 0.1) is 12.2 Å². The Morgan fingerprint density at radius 2 is 2.12 bits per heavy atom. The summed E-state index contributed by atoms with van der Waals surface area (Å²) in [5.41, 5.74) is 4.06. The SMILES string of the molecule is CSCC(C)N(C)C(=O)Nc1cccc(Cn2nc(C)cc2C)c1. The third kappa shape index (κ3) is 4.77. The fourth-order valence-electron chi connectivity index (χ4n) is 2.52. The lowest BCUT2D eigenvalue weighted by Crippen LogP contribution is -2.39. The Hall–Kier alpha value is -1.95. The number of anilines is 1. The van der Waals surface area contributed by atoms with Crippen LogP contribution >= 0.6 is 11.8 Å². The van der Waals surface area contributed by atoms with Crippen molar-refractivity contribution in [3.8, 4) is 0 Å². The van der Waals surface area contributed by atoms with Crippen molar-refractivity contribution in [1.82, 2.24) is 14.7 Å². The van der Waals surface area contributed by atoms with Gasteiger partial charge < -0.3 is 10.2 Å². The topological polar surface area (TPSA) is 50.2 Å². The Balaban J connectivity index is 2.05. The summed E-state index contributed by atoms with van der Waals surface area (Å²) in [5.74, 6) is 0.919. The number of nitrogens with zero attached hydrogens (tertiary/aromatic N) is 3. The van der Waals surface area contributed by atoms with Crippen LogP contribution in [-0.2, 0) is 6.54 Å². The van der Waals surface area contributed by atoms with Gasteiger partial charge in [0.25, 0.3) is 0 Å². The normalized spacial score (nSPS) is 12.0. The molecular weight excluding hydrogens is 320 g/mol. The van der Waals surface area contributed by atoms with Crippen LogP contribution in [0.2, 0.25) is 0 Å². The summed E-state index contributed by atoms with van der Waals surface area (Å²) >= 11 is 1.74. The van der Waals surface area contributed by atoms with E-state index in [1.807, 2.05) is 56.1 Å². The Morgan fingerprint density at radius 1 is 1.38 bits per heavy atom. The van der Waals surface area contributed by atoms with Gasteiger partial charge in [-0.25, -0.2) is 4.79 Å². The number of carbonyl (C=O) groups excluding carboxylic acids is 1. The Morgan fingerprint density at radius 3 is 2.75 bits per heavy atom. The third-order valence-electron chi connectivity index (χ3n) is 4.00. The number of benzene rings is 1. The molecule has 0 bridgehead atoms. The summed E-state index contributed by atoms with van der Waals surface area (Å²) in [5, 5.41) is 7.46. The van der Waals surface area contributed by atoms with E-state index >= 15 is 0 Å². The molecule has 0 radical (unpaired) electrons. The van der Waals surface area contributed by atoms with Crippen LogP contribution in [0.5, 0.6) is 0 Å². The average molecular weight is 347 g/mol. The molecule has 1 heterocycles. The standard InChI is InChI=1S/C18H26N4OS/c1-13-9-14(2)22(20-13)11-16-7-6-8-17(10-16)19-18(23)21(4)15(3)12-24-5/h6-10,15H,11-12H2,1-5H3,(H,19,23). The second-order valence-corrected chi connectivity index (χ2v) is 7.04. The van der Waals surface area contributed by atoms with E-state index in [0.717, 1.165) is 28.4 Å². The number of rotatable bonds is 6. The molecule has 2 amide bonds. The highest BCUT2D eigenvalue weighted by atomic mass is 32.2. The summed E-state index contributed by atoms with van der Waals surface area (Å²) in [4.78, 5) is 14.1. The van der Waals surface area contributed by atoms with Crippen molar-refractivity contribution in [2.45, 2.75) is 33.4 Å². The van der Waals surface area contributed by atoms with Crippen LogP contribution in [0.15, 0.2) is 30.3 Å². The summed E-state index contributed by atoms with van der Waals surface area (Å²) < 4.78 is 1.98. The van der Waals surface area contributed by atoms with E-state index in [9.17, 15) is 4.79 Å². The number of aromatic nitrogens is 2. The highest BCUT2D eigenvalue weighted by Crippen LogP contribution is 2.14. The van der Waals surface area contributed by atoms with Gasteiger partial charge in [-0.05, 0) is 50.8 Å². The maximum absolute atomic E-state index is 12.3. The van der Waals surface area contributed by atoms with E-state index in [4.69, 9.17) is 0 Å². The number of nitrogens with one attached hydrogen (secondary N) is 1. The third-order valence-corrected chi connectivity index (χ3v) is 4.82. The molecule has 24 heavy (non-hydrogen) atoms. The fraction of sp³-hybridized carbons (Fsp3) is 0.444. The molecule has 0 aliphatic carbocycles. The first-order chi connectivity index (χ1) is 11.4. The van der Waals surface area contributed by atoms with Crippen LogP contribution in [-0.4, -0.2) is 45.8 Å². The number of amides is 2. The maximum atomic E-state index is 12.3. The summed E-state index contributed by atoms with van der Waals surface area (Å²) in [6, 6.07) is 10.1. The Kier molecular flexibility index (Phi) is 6.31. The second-order valence-electron chi connectivity index (χ2n) is 6.13. The molecule has 0 fully saturated rings. The molecule has 2 aromatic rings. The van der Waals surface area contributed by atoms with E-state index in [0.29, 0.717) is 6.54 Å². The molecule has 5 nitrogen and oxygen atoms in total. The summed E-state index contributed by atoms with van der Waals surface area (Å²) in [6.45, 7) is 6.79. The highest BCUT2D eigenvalue weighted by molar-refractivity contribution is 7.98. The zero-order valence-electron chi connectivity index (χ0n) is 15.0. The second kappa shape index (κ2) is 8.24. The molecule has 0 saturated heterocycles. The fourth-order valence-corrected chi connectivity index (χ4v) is 3.23. The van der Waals surface area contributed by atoms with Crippen molar-refractivity contribution in [3.63, 3.8) is 0 Å². The van der Waals surface area contributed by atoms with Crippen molar-refractivity contribution >= 4 is 23.5 Å². The molecule has 0 aliphatic heterocycles. The van der Waals surface area contributed by atoms with Crippen molar-refractivity contribution in [2.75, 3.05) is 24.4 Å². The monoisotopic (exact) mass is 346 g/mol. The molecule has 1 aromatic heterocycles. The number of hydrogen-bond acceptors (Lipinski definition) is 3. The number of aryl methyl sites for hydroxylation is 2. The van der Waals surface area contributed by atoms with Gasteiger partial charge in [0.2, 0.25) is 0 Å². The van der Waals surface area contributed by atoms with Crippen molar-refractivity contribution in [1.29, 1.82) is 0 Å². The van der Waals surface area contributed by atoms with E-state index in [1.54, 1.807) is 16.7 Å². The Bertz CT molecular complexity index is 698. The predicted octanol–water partition coefficient (Wildman–Crippen LogP) is 3.76. The molecule has 1 N–H and O–H groups in total. The average Bonchev–Trinajstić information content (AvgIpc) is 2.84. The number of thioether (sulfide) groups is 1. The lowest BCUT2D eigenvalue weighted by atomic mass is 10.2. The zero-order valence-corrected chi connectivity index (χ0v) is 15.9. The first kappa shape index (κ1) is 18.4. The van der Waals surface area contributed by atoms with Crippen LogP contribution in [0.25, 0.3) is 0 Å². The van der Waals surface area contributed by atoms with Gasteiger partial charge in [-0.15, -0.1) is 0 Å². The van der Waals surface area contributed by atoms with Gasteiger partial charge >= 0.3 is 6.03 Å². The molecular formula is C18H26N4OS. The van der Waals surface area contributed by atoms with Gasteiger partial charge in [-0.3, -0.25) is 4.68 Å². The van der Waals surface area contributed by atoms with Crippen LogP contribution in [0.4, 0.5) is 10.5 Å². The summed E-state index contributed by atoms with van der Waals surface area (Å²) in [6.07, 6.45) is 2.05. The van der Waals surface area contributed by atoms with Gasteiger partial charge in [-0.1, -0.05) is 12.1 Å². The Labute approximate surface area is 148 Å². The van der Waals surface area contributed by atoms with Crippen molar-refractivity contribution in [2.24, 2.45) is 0 Å². The first-order valence-corrected chi connectivity index (χ1v) is 9.43. The van der Waals surface area contributed by atoms with Gasteiger partial charge in [-0.2, -0.15) is 16.9 Å². The minimum atomic E-state index is -0.0835. The van der Waals surface area contributed by atoms with Crippen LogP contribution in [0.1, 0.15) is 23.9 Å². The molecule has 1 aromatic carbocycles.